The maximum Gasteiger partial charge on any atom is 0.303 e. The standard InChI is InChI=1S/C13H24N2O3/c16-13(17)9-11-1-3-14-10-12(11)2-4-15-5-7-18-8-6-15/h11-12,14H,1-10H2,(H,16,17). The number of hydrogen-bond donors (Lipinski definition) is 2. The summed E-state index contributed by atoms with van der Waals surface area (Å²) in [5, 5.41) is 12.3. The second-order valence-corrected chi connectivity index (χ2v) is 5.35. The number of rotatable bonds is 5. The molecule has 18 heavy (non-hydrogen) atoms. The summed E-state index contributed by atoms with van der Waals surface area (Å²) in [6, 6.07) is 0. The summed E-state index contributed by atoms with van der Waals surface area (Å²) in [7, 11) is 0. The first-order valence-electron chi connectivity index (χ1n) is 6.98. The number of nitrogens with one attached hydrogen (secondary N) is 1. The maximum atomic E-state index is 10.9. The minimum Gasteiger partial charge on any atom is -0.481 e. The summed E-state index contributed by atoms with van der Waals surface area (Å²) >= 11 is 0. The van der Waals surface area contributed by atoms with E-state index in [0.717, 1.165) is 58.8 Å². The first-order valence-corrected chi connectivity index (χ1v) is 6.98. The molecule has 0 aliphatic carbocycles. The fourth-order valence-electron chi connectivity index (χ4n) is 2.98. The molecule has 0 radical (unpaired) electrons. The highest BCUT2D eigenvalue weighted by molar-refractivity contribution is 5.67. The Morgan fingerprint density at radius 2 is 2.11 bits per heavy atom. The molecule has 2 fully saturated rings. The quantitative estimate of drug-likeness (QED) is 0.746. The number of carboxylic acid groups (broad SMARTS) is 1. The summed E-state index contributed by atoms with van der Waals surface area (Å²) < 4.78 is 5.33. The van der Waals surface area contributed by atoms with Crippen LogP contribution in [0.2, 0.25) is 0 Å². The zero-order chi connectivity index (χ0) is 12.8. The van der Waals surface area contributed by atoms with Gasteiger partial charge in [-0.1, -0.05) is 0 Å². The van der Waals surface area contributed by atoms with Crippen LogP contribution >= 0.6 is 0 Å². The number of hydrogen-bond acceptors (Lipinski definition) is 4. The molecular weight excluding hydrogens is 232 g/mol. The summed E-state index contributed by atoms with van der Waals surface area (Å²) in [6.07, 6.45) is 2.43. The van der Waals surface area contributed by atoms with E-state index >= 15 is 0 Å². The van der Waals surface area contributed by atoms with Gasteiger partial charge in [0.15, 0.2) is 0 Å². The van der Waals surface area contributed by atoms with Crippen LogP contribution in [0.15, 0.2) is 0 Å². The van der Waals surface area contributed by atoms with Gasteiger partial charge >= 0.3 is 5.97 Å². The third kappa shape index (κ3) is 4.23. The van der Waals surface area contributed by atoms with Gasteiger partial charge in [-0.2, -0.15) is 0 Å². The molecule has 0 saturated carbocycles. The van der Waals surface area contributed by atoms with Crippen LogP contribution in [0.4, 0.5) is 0 Å². The van der Waals surface area contributed by atoms with Crippen molar-refractivity contribution in [2.75, 3.05) is 45.9 Å². The van der Waals surface area contributed by atoms with Crippen molar-refractivity contribution in [3.8, 4) is 0 Å². The molecular formula is C13H24N2O3. The summed E-state index contributed by atoms with van der Waals surface area (Å²) in [5.41, 5.74) is 0. The third-order valence-corrected chi connectivity index (χ3v) is 4.12. The highest BCUT2D eigenvalue weighted by Crippen LogP contribution is 2.25. The Kier molecular flexibility index (Phi) is 5.41. The summed E-state index contributed by atoms with van der Waals surface area (Å²) in [6.45, 7) is 6.72. The second-order valence-electron chi connectivity index (χ2n) is 5.35. The van der Waals surface area contributed by atoms with Gasteiger partial charge in [0, 0.05) is 19.5 Å². The SMILES string of the molecule is O=C(O)CC1CCNCC1CCN1CCOCC1. The Morgan fingerprint density at radius 1 is 1.33 bits per heavy atom. The maximum absolute atomic E-state index is 10.9. The molecule has 0 aromatic carbocycles. The highest BCUT2D eigenvalue weighted by atomic mass is 16.5. The average Bonchev–Trinajstić information content (AvgIpc) is 2.38. The summed E-state index contributed by atoms with van der Waals surface area (Å²) in [5.74, 6) is 0.209. The molecule has 2 rings (SSSR count). The van der Waals surface area contributed by atoms with Crippen molar-refractivity contribution < 1.29 is 14.6 Å². The van der Waals surface area contributed by atoms with E-state index in [1.807, 2.05) is 0 Å². The molecule has 0 aromatic heterocycles. The molecule has 5 nitrogen and oxygen atoms in total. The fraction of sp³-hybridized carbons (Fsp3) is 0.923. The Labute approximate surface area is 108 Å². The van der Waals surface area contributed by atoms with Gasteiger partial charge in [0.1, 0.15) is 0 Å². The Morgan fingerprint density at radius 3 is 2.83 bits per heavy atom. The molecule has 104 valence electrons. The van der Waals surface area contributed by atoms with Crippen LogP contribution in [0, 0.1) is 11.8 Å². The van der Waals surface area contributed by atoms with Crippen LogP contribution in [0.1, 0.15) is 19.3 Å². The van der Waals surface area contributed by atoms with Gasteiger partial charge in [-0.05, 0) is 44.3 Å². The lowest BCUT2D eigenvalue weighted by Crippen LogP contribution is -2.41. The molecule has 0 spiro atoms. The van der Waals surface area contributed by atoms with E-state index in [9.17, 15) is 4.79 Å². The fourth-order valence-corrected chi connectivity index (χ4v) is 2.98. The van der Waals surface area contributed by atoms with Gasteiger partial charge in [0.05, 0.1) is 13.2 Å². The van der Waals surface area contributed by atoms with Crippen molar-refractivity contribution in [2.24, 2.45) is 11.8 Å². The topological polar surface area (TPSA) is 61.8 Å². The minimum atomic E-state index is -0.654. The van der Waals surface area contributed by atoms with Crippen molar-refractivity contribution in [1.29, 1.82) is 0 Å². The molecule has 0 bridgehead atoms. The lowest BCUT2D eigenvalue weighted by atomic mass is 9.82. The van der Waals surface area contributed by atoms with E-state index in [1.165, 1.54) is 0 Å². The molecule has 0 amide bonds. The average molecular weight is 256 g/mol. The zero-order valence-corrected chi connectivity index (χ0v) is 10.9. The Hall–Kier alpha value is -0.650. The molecule has 5 heteroatoms. The van der Waals surface area contributed by atoms with E-state index in [-0.39, 0.29) is 0 Å². The largest absolute Gasteiger partial charge is 0.481 e. The molecule has 2 N–H and O–H groups in total. The molecule has 0 aromatic rings. The zero-order valence-electron chi connectivity index (χ0n) is 10.9. The number of nitrogens with zero attached hydrogens (tertiary/aromatic N) is 1. The van der Waals surface area contributed by atoms with E-state index in [1.54, 1.807) is 0 Å². The van der Waals surface area contributed by atoms with E-state index in [2.05, 4.69) is 10.2 Å². The van der Waals surface area contributed by atoms with Gasteiger partial charge in [0.25, 0.3) is 0 Å². The van der Waals surface area contributed by atoms with Gasteiger partial charge in [-0.3, -0.25) is 9.69 Å². The summed E-state index contributed by atoms with van der Waals surface area (Å²) in [4.78, 5) is 13.3. The van der Waals surface area contributed by atoms with E-state index in [0.29, 0.717) is 18.3 Å². The van der Waals surface area contributed by atoms with Crippen LogP contribution in [-0.4, -0.2) is 61.9 Å². The highest BCUT2D eigenvalue weighted by Gasteiger charge is 2.27. The van der Waals surface area contributed by atoms with Gasteiger partial charge < -0.3 is 15.2 Å². The number of carbonyl (C=O) groups is 1. The molecule has 2 aliphatic heterocycles. The van der Waals surface area contributed by atoms with Crippen molar-refractivity contribution in [3.63, 3.8) is 0 Å². The molecule has 2 heterocycles. The van der Waals surface area contributed by atoms with Crippen molar-refractivity contribution >= 4 is 5.97 Å². The lowest BCUT2D eigenvalue weighted by Gasteiger charge is -2.34. The van der Waals surface area contributed by atoms with Crippen molar-refractivity contribution in [2.45, 2.75) is 19.3 Å². The number of morpholine rings is 1. The number of ether oxygens (including phenoxy) is 1. The van der Waals surface area contributed by atoms with Crippen LogP contribution in [0.5, 0.6) is 0 Å². The molecule has 2 aliphatic rings. The minimum absolute atomic E-state index is 0.329. The molecule has 2 saturated heterocycles. The Balaban J connectivity index is 1.75. The number of aliphatic carboxylic acids is 1. The number of carboxylic acids is 1. The third-order valence-electron chi connectivity index (χ3n) is 4.12. The second kappa shape index (κ2) is 7.07. The predicted molar refractivity (Wildman–Crippen MR) is 68.6 cm³/mol. The normalized spacial score (nSPS) is 30.2. The van der Waals surface area contributed by atoms with E-state index in [4.69, 9.17) is 9.84 Å². The van der Waals surface area contributed by atoms with Crippen molar-refractivity contribution in [3.05, 3.63) is 0 Å². The van der Waals surface area contributed by atoms with Crippen LogP contribution in [0.25, 0.3) is 0 Å². The van der Waals surface area contributed by atoms with Crippen LogP contribution in [0.3, 0.4) is 0 Å². The Bertz CT molecular complexity index is 267. The van der Waals surface area contributed by atoms with Gasteiger partial charge in [0.2, 0.25) is 0 Å². The van der Waals surface area contributed by atoms with Crippen LogP contribution < -0.4 is 5.32 Å². The lowest BCUT2D eigenvalue weighted by molar-refractivity contribution is -0.138. The van der Waals surface area contributed by atoms with Crippen LogP contribution in [-0.2, 0) is 9.53 Å². The van der Waals surface area contributed by atoms with Gasteiger partial charge in [-0.25, -0.2) is 0 Å². The molecule has 2 unspecified atom stereocenters. The first kappa shape index (κ1) is 13.8. The molecule has 2 atom stereocenters. The predicted octanol–water partition coefficient (Wildman–Crippen LogP) is 0.409. The van der Waals surface area contributed by atoms with Crippen molar-refractivity contribution in [1.82, 2.24) is 10.2 Å². The van der Waals surface area contributed by atoms with E-state index < -0.39 is 5.97 Å². The smallest absolute Gasteiger partial charge is 0.303 e. The number of piperidine rings is 1. The first-order chi connectivity index (χ1) is 8.75. The van der Waals surface area contributed by atoms with Gasteiger partial charge in [-0.15, -0.1) is 0 Å². The monoisotopic (exact) mass is 256 g/mol.